The standard InChI is InChI=1S/C17H33N5S.HI/c1-7-18-17(19-10-8-9-11-21(5)14(2)3)22(6)12-16-13-23-15(4)20-16;/h13-14H,7-12H2,1-6H3,(H,18,19);1H. The summed E-state index contributed by atoms with van der Waals surface area (Å²) in [5.74, 6) is 0.968. The Kier molecular flexibility index (Phi) is 12.7. The van der Waals surface area contributed by atoms with Gasteiger partial charge in [-0.1, -0.05) is 0 Å². The third kappa shape index (κ3) is 9.17. The van der Waals surface area contributed by atoms with Crippen LogP contribution in [0.15, 0.2) is 10.4 Å². The molecular weight excluding hydrogens is 433 g/mol. The summed E-state index contributed by atoms with van der Waals surface area (Å²) in [7, 11) is 4.25. The minimum absolute atomic E-state index is 0. The molecule has 1 aromatic rings. The van der Waals surface area contributed by atoms with Crippen LogP contribution < -0.4 is 5.32 Å². The van der Waals surface area contributed by atoms with Gasteiger partial charge in [0.2, 0.25) is 0 Å². The van der Waals surface area contributed by atoms with Gasteiger partial charge in [-0.3, -0.25) is 4.99 Å². The highest BCUT2D eigenvalue weighted by Gasteiger charge is 2.08. The Hall–Kier alpha value is -0.410. The van der Waals surface area contributed by atoms with Crippen molar-refractivity contribution in [2.24, 2.45) is 4.99 Å². The fraction of sp³-hybridized carbons (Fsp3) is 0.765. The summed E-state index contributed by atoms with van der Waals surface area (Å²) in [6.45, 7) is 12.3. The third-order valence-corrected chi connectivity index (χ3v) is 4.65. The van der Waals surface area contributed by atoms with E-state index in [2.05, 4.69) is 60.3 Å². The second-order valence-electron chi connectivity index (χ2n) is 6.23. The lowest BCUT2D eigenvalue weighted by atomic mass is 10.2. The molecule has 0 saturated carbocycles. The van der Waals surface area contributed by atoms with Crippen molar-refractivity contribution < 1.29 is 0 Å². The average Bonchev–Trinajstić information content (AvgIpc) is 2.90. The predicted octanol–water partition coefficient (Wildman–Crippen LogP) is 3.59. The zero-order valence-corrected chi connectivity index (χ0v) is 19.1. The Morgan fingerprint density at radius 3 is 2.58 bits per heavy atom. The summed E-state index contributed by atoms with van der Waals surface area (Å²) in [5.41, 5.74) is 1.11. The van der Waals surface area contributed by atoms with E-state index in [4.69, 9.17) is 4.99 Å². The molecule has 0 aliphatic heterocycles. The number of hydrogen-bond acceptors (Lipinski definition) is 4. The van der Waals surface area contributed by atoms with Gasteiger partial charge in [0.25, 0.3) is 0 Å². The SMILES string of the molecule is CCNC(=NCCCCN(C)C(C)C)N(C)Cc1csc(C)n1.I. The number of hydrogen-bond donors (Lipinski definition) is 1. The number of halogens is 1. The Morgan fingerprint density at radius 1 is 1.33 bits per heavy atom. The van der Waals surface area contributed by atoms with Crippen LogP contribution in [0.2, 0.25) is 0 Å². The number of unbranched alkanes of at least 4 members (excludes halogenated alkanes) is 1. The van der Waals surface area contributed by atoms with Gasteiger partial charge in [0.05, 0.1) is 17.2 Å². The monoisotopic (exact) mass is 467 g/mol. The van der Waals surface area contributed by atoms with Crippen LogP contribution in [0.4, 0.5) is 0 Å². The van der Waals surface area contributed by atoms with E-state index >= 15 is 0 Å². The van der Waals surface area contributed by atoms with Crippen molar-refractivity contribution in [1.29, 1.82) is 0 Å². The van der Waals surface area contributed by atoms with E-state index in [1.54, 1.807) is 11.3 Å². The second kappa shape index (κ2) is 12.9. The molecule has 5 nitrogen and oxygen atoms in total. The van der Waals surface area contributed by atoms with Crippen LogP contribution in [0, 0.1) is 6.92 Å². The Labute approximate surface area is 169 Å². The highest BCUT2D eigenvalue weighted by Crippen LogP contribution is 2.09. The first kappa shape index (κ1) is 23.6. The molecule has 0 bridgehead atoms. The largest absolute Gasteiger partial charge is 0.357 e. The average molecular weight is 467 g/mol. The summed E-state index contributed by atoms with van der Waals surface area (Å²) in [5, 5.41) is 6.61. The van der Waals surface area contributed by atoms with E-state index in [1.165, 1.54) is 6.42 Å². The first-order valence-electron chi connectivity index (χ1n) is 8.54. The number of nitrogens with zero attached hydrogens (tertiary/aromatic N) is 4. The molecule has 7 heteroatoms. The number of thiazole rings is 1. The predicted molar refractivity (Wildman–Crippen MR) is 117 cm³/mol. The number of aryl methyl sites for hydroxylation is 1. The molecule has 0 aliphatic carbocycles. The lowest BCUT2D eigenvalue weighted by Gasteiger charge is -2.22. The van der Waals surface area contributed by atoms with Gasteiger partial charge >= 0.3 is 0 Å². The molecule has 0 atom stereocenters. The topological polar surface area (TPSA) is 43.8 Å². The minimum atomic E-state index is 0. The van der Waals surface area contributed by atoms with Crippen LogP contribution >= 0.6 is 35.3 Å². The van der Waals surface area contributed by atoms with E-state index in [9.17, 15) is 0 Å². The van der Waals surface area contributed by atoms with Gasteiger partial charge in [0, 0.05) is 31.6 Å². The van der Waals surface area contributed by atoms with Crippen molar-refractivity contribution in [3.63, 3.8) is 0 Å². The van der Waals surface area contributed by atoms with Crippen molar-refractivity contribution in [3.05, 3.63) is 16.1 Å². The van der Waals surface area contributed by atoms with E-state index in [1.807, 2.05) is 6.92 Å². The highest BCUT2D eigenvalue weighted by molar-refractivity contribution is 14.0. The van der Waals surface area contributed by atoms with E-state index in [0.29, 0.717) is 6.04 Å². The summed E-state index contributed by atoms with van der Waals surface area (Å²) >= 11 is 1.70. The van der Waals surface area contributed by atoms with Crippen molar-refractivity contribution in [2.75, 3.05) is 33.7 Å². The van der Waals surface area contributed by atoms with E-state index in [-0.39, 0.29) is 24.0 Å². The fourth-order valence-corrected chi connectivity index (χ4v) is 2.79. The number of nitrogens with one attached hydrogen (secondary N) is 1. The molecule has 0 amide bonds. The van der Waals surface area contributed by atoms with E-state index in [0.717, 1.165) is 49.3 Å². The molecule has 1 N–H and O–H groups in total. The Balaban J connectivity index is 0.00000529. The Morgan fingerprint density at radius 2 is 2.04 bits per heavy atom. The van der Waals surface area contributed by atoms with Crippen LogP contribution in [0.3, 0.4) is 0 Å². The summed E-state index contributed by atoms with van der Waals surface area (Å²) < 4.78 is 0. The molecule has 0 spiro atoms. The highest BCUT2D eigenvalue weighted by atomic mass is 127. The van der Waals surface area contributed by atoms with Gasteiger partial charge in [-0.2, -0.15) is 0 Å². The Bertz CT molecular complexity index is 475. The number of aliphatic imine (C=N–C) groups is 1. The van der Waals surface area contributed by atoms with Gasteiger partial charge in [-0.25, -0.2) is 4.98 Å². The first-order valence-corrected chi connectivity index (χ1v) is 9.42. The molecule has 0 saturated heterocycles. The quantitative estimate of drug-likeness (QED) is 0.261. The lowest BCUT2D eigenvalue weighted by Crippen LogP contribution is -2.38. The van der Waals surface area contributed by atoms with E-state index < -0.39 is 0 Å². The fourth-order valence-electron chi connectivity index (χ4n) is 2.18. The van der Waals surface area contributed by atoms with Gasteiger partial charge in [0.15, 0.2) is 5.96 Å². The molecule has 0 radical (unpaired) electrons. The molecule has 24 heavy (non-hydrogen) atoms. The molecule has 1 rings (SSSR count). The molecule has 1 aromatic heterocycles. The zero-order valence-electron chi connectivity index (χ0n) is 16.0. The zero-order chi connectivity index (χ0) is 17.2. The molecule has 140 valence electrons. The van der Waals surface area contributed by atoms with Gasteiger partial charge < -0.3 is 15.1 Å². The van der Waals surface area contributed by atoms with Crippen LogP contribution in [-0.2, 0) is 6.54 Å². The normalized spacial score (nSPS) is 11.8. The first-order chi connectivity index (χ1) is 10.9. The van der Waals surface area contributed by atoms with Crippen LogP contribution in [0.1, 0.15) is 44.3 Å². The second-order valence-corrected chi connectivity index (χ2v) is 7.29. The van der Waals surface area contributed by atoms with Crippen molar-refractivity contribution in [3.8, 4) is 0 Å². The maximum absolute atomic E-state index is 4.75. The summed E-state index contributed by atoms with van der Waals surface area (Å²) in [6, 6.07) is 0.614. The van der Waals surface area contributed by atoms with Gasteiger partial charge in [-0.15, -0.1) is 35.3 Å². The molecule has 0 aliphatic rings. The van der Waals surface area contributed by atoms with Gasteiger partial charge in [0.1, 0.15) is 0 Å². The number of aromatic nitrogens is 1. The lowest BCUT2D eigenvalue weighted by molar-refractivity contribution is 0.269. The minimum Gasteiger partial charge on any atom is -0.357 e. The molecular formula is C17H34IN5S. The third-order valence-electron chi connectivity index (χ3n) is 3.82. The maximum Gasteiger partial charge on any atom is 0.194 e. The van der Waals surface area contributed by atoms with Crippen LogP contribution in [-0.4, -0.2) is 60.5 Å². The number of rotatable bonds is 9. The number of guanidine groups is 1. The molecule has 0 fully saturated rings. The maximum atomic E-state index is 4.75. The smallest absolute Gasteiger partial charge is 0.194 e. The van der Waals surface area contributed by atoms with Gasteiger partial charge in [-0.05, 0) is 54.1 Å². The van der Waals surface area contributed by atoms with Crippen molar-refractivity contribution in [1.82, 2.24) is 20.1 Å². The van der Waals surface area contributed by atoms with Crippen LogP contribution in [0.25, 0.3) is 0 Å². The molecule has 0 unspecified atom stereocenters. The van der Waals surface area contributed by atoms with Crippen LogP contribution in [0.5, 0.6) is 0 Å². The summed E-state index contributed by atoms with van der Waals surface area (Å²) in [4.78, 5) is 13.8. The van der Waals surface area contributed by atoms with Crippen molar-refractivity contribution >= 4 is 41.3 Å². The molecule has 0 aromatic carbocycles. The summed E-state index contributed by atoms with van der Waals surface area (Å²) in [6.07, 6.45) is 2.31. The molecule has 1 heterocycles. The van der Waals surface area contributed by atoms with Crippen molar-refractivity contribution in [2.45, 2.75) is 53.1 Å².